The molecule has 3 rings (SSSR count). The van der Waals surface area contributed by atoms with Gasteiger partial charge in [-0.2, -0.15) is 0 Å². The van der Waals surface area contributed by atoms with Crippen molar-refractivity contribution in [2.75, 3.05) is 7.11 Å². The molecule has 0 aliphatic heterocycles. The minimum Gasteiger partial charge on any atom is -0.480 e. The van der Waals surface area contributed by atoms with E-state index in [2.05, 4.69) is 10.3 Å². The van der Waals surface area contributed by atoms with E-state index in [1.165, 1.54) is 0 Å². The minimum absolute atomic E-state index is 0.0263. The summed E-state index contributed by atoms with van der Waals surface area (Å²) in [5.41, 5.74) is 2.10. The number of methoxy groups -OCH3 is 1. The number of carboxylic acid groups (broad SMARTS) is 1. The first-order valence-corrected chi connectivity index (χ1v) is 7.64. The quantitative estimate of drug-likeness (QED) is 0.857. The number of aliphatic carboxylic acids is 1. The van der Waals surface area contributed by atoms with Crippen LogP contribution in [0, 0.1) is 0 Å². The van der Waals surface area contributed by atoms with Crippen LogP contribution in [0.1, 0.15) is 18.4 Å². The lowest BCUT2D eigenvalue weighted by Gasteiger charge is -2.44. The Labute approximate surface area is 135 Å². The Morgan fingerprint density at radius 1 is 1.35 bits per heavy atom. The third-order valence-corrected chi connectivity index (χ3v) is 4.41. The number of nitrogens with zero attached hydrogens (tertiary/aromatic N) is 1. The number of benzene rings is 1. The highest BCUT2D eigenvalue weighted by molar-refractivity contribution is 5.80. The third-order valence-electron chi connectivity index (χ3n) is 4.41. The first-order chi connectivity index (χ1) is 11.1. The zero-order valence-electron chi connectivity index (χ0n) is 13.0. The molecule has 0 radical (unpaired) electrons. The summed E-state index contributed by atoms with van der Waals surface area (Å²) < 4.78 is 5.21. The predicted octanol–water partition coefficient (Wildman–Crippen LogP) is 2.47. The highest BCUT2D eigenvalue weighted by Crippen LogP contribution is 2.35. The van der Waals surface area contributed by atoms with Crippen LogP contribution in [0.15, 0.2) is 48.7 Å². The van der Waals surface area contributed by atoms with Gasteiger partial charge in [-0.25, -0.2) is 0 Å². The Morgan fingerprint density at radius 3 is 2.83 bits per heavy atom. The summed E-state index contributed by atoms with van der Waals surface area (Å²) in [6.07, 6.45) is 2.79. The van der Waals surface area contributed by atoms with Gasteiger partial charge in [-0.1, -0.05) is 24.3 Å². The monoisotopic (exact) mass is 312 g/mol. The molecule has 0 spiro atoms. The second-order valence-corrected chi connectivity index (χ2v) is 5.92. The zero-order chi connectivity index (χ0) is 16.3. The number of ether oxygens (including phenoxy) is 1. The second-order valence-electron chi connectivity index (χ2n) is 5.92. The number of rotatable bonds is 6. The second kappa shape index (κ2) is 6.48. The molecule has 2 aromatic rings. The van der Waals surface area contributed by atoms with Gasteiger partial charge in [0.15, 0.2) is 0 Å². The SMILES string of the molecule is COC1CC(NCc2cccc(-c3ccccn3)c2)(C(=O)O)C1. The van der Waals surface area contributed by atoms with E-state index in [0.29, 0.717) is 19.4 Å². The van der Waals surface area contributed by atoms with E-state index in [4.69, 9.17) is 4.74 Å². The van der Waals surface area contributed by atoms with Crippen LogP contribution in [-0.4, -0.2) is 34.8 Å². The van der Waals surface area contributed by atoms with Crippen molar-refractivity contribution in [3.8, 4) is 11.3 Å². The van der Waals surface area contributed by atoms with Crippen molar-refractivity contribution in [3.05, 3.63) is 54.2 Å². The number of nitrogens with one attached hydrogen (secondary N) is 1. The summed E-state index contributed by atoms with van der Waals surface area (Å²) in [4.78, 5) is 15.9. The van der Waals surface area contributed by atoms with E-state index in [-0.39, 0.29) is 6.10 Å². The molecule has 1 saturated carbocycles. The lowest BCUT2D eigenvalue weighted by Crippen LogP contribution is -2.62. The summed E-state index contributed by atoms with van der Waals surface area (Å²) >= 11 is 0. The van der Waals surface area contributed by atoms with Crippen molar-refractivity contribution in [3.63, 3.8) is 0 Å². The molecule has 120 valence electrons. The molecule has 5 nitrogen and oxygen atoms in total. The zero-order valence-corrected chi connectivity index (χ0v) is 13.0. The highest BCUT2D eigenvalue weighted by Gasteiger charge is 2.50. The van der Waals surface area contributed by atoms with Crippen molar-refractivity contribution in [2.45, 2.75) is 31.0 Å². The molecule has 0 bridgehead atoms. The molecule has 23 heavy (non-hydrogen) atoms. The third kappa shape index (κ3) is 3.25. The van der Waals surface area contributed by atoms with Gasteiger partial charge in [0.25, 0.3) is 0 Å². The summed E-state index contributed by atoms with van der Waals surface area (Å²) in [6, 6.07) is 13.8. The highest BCUT2D eigenvalue weighted by atomic mass is 16.5. The van der Waals surface area contributed by atoms with Crippen LogP contribution in [0.3, 0.4) is 0 Å². The summed E-state index contributed by atoms with van der Waals surface area (Å²) in [5, 5.41) is 12.7. The summed E-state index contributed by atoms with van der Waals surface area (Å²) in [6.45, 7) is 0.503. The van der Waals surface area contributed by atoms with Crippen molar-refractivity contribution in [1.29, 1.82) is 0 Å². The molecule has 1 aromatic carbocycles. The normalized spacial score (nSPS) is 23.3. The van der Waals surface area contributed by atoms with Gasteiger partial charge in [0.2, 0.25) is 0 Å². The maximum absolute atomic E-state index is 11.5. The van der Waals surface area contributed by atoms with Gasteiger partial charge in [-0.15, -0.1) is 0 Å². The first-order valence-electron chi connectivity index (χ1n) is 7.64. The van der Waals surface area contributed by atoms with Crippen LogP contribution in [0.25, 0.3) is 11.3 Å². The van der Waals surface area contributed by atoms with Gasteiger partial charge < -0.3 is 9.84 Å². The fraction of sp³-hybridized carbons (Fsp3) is 0.333. The van der Waals surface area contributed by atoms with Crippen LogP contribution < -0.4 is 5.32 Å². The largest absolute Gasteiger partial charge is 0.480 e. The molecular weight excluding hydrogens is 292 g/mol. The van der Waals surface area contributed by atoms with Gasteiger partial charge >= 0.3 is 5.97 Å². The maximum Gasteiger partial charge on any atom is 0.324 e. The number of carboxylic acids is 1. The van der Waals surface area contributed by atoms with Crippen molar-refractivity contribution in [2.24, 2.45) is 0 Å². The Hall–Kier alpha value is -2.24. The Morgan fingerprint density at radius 2 is 2.17 bits per heavy atom. The van der Waals surface area contributed by atoms with E-state index in [0.717, 1.165) is 16.8 Å². The molecule has 1 aliphatic carbocycles. The molecule has 0 atom stereocenters. The van der Waals surface area contributed by atoms with Crippen LogP contribution in [-0.2, 0) is 16.1 Å². The lowest BCUT2D eigenvalue weighted by molar-refractivity contribution is -0.156. The molecule has 1 fully saturated rings. The van der Waals surface area contributed by atoms with E-state index in [9.17, 15) is 9.90 Å². The van der Waals surface area contributed by atoms with Crippen LogP contribution >= 0.6 is 0 Å². The predicted molar refractivity (Wildman–Crippen MR) is 86.9 cm³/mol. The molecule has 1 heterocycles. The van der Waals surface area contributed by atoms with Gasteiger partial charge in [-0.05, 0) is 23.8 Å². The smallest absolute Gasteiger partial charge is 0.324 e. The molecule has 0 amide bonds. The van der Waals surface area contributed by atoms with Crippen LogP contribution in [0.5, 0.6) is 0 Å². The first kappa shape index (κ1) is 15.6. The van der Waals surface area contributed by atoms with Crippen LogP contribution in [0.4, 0.5) is 0 Å². The minimum atomic E-state index is -0.873. The van der Waals surface area contributed by atoms with Crippen molar-refractivity contribution in [1.82, 2.24) is 10.3 Å². The van der Waals surface area contributed by atoms with E-state index in [1.54, 1.807) is 13.3 Å². The molecule has 1 aliphatic rings. The van der Waals surface area contributed by atoms with E-state index < -0.39 is 11.5 Å². The van der Waals surface area contributed by atoms with E-state index >= 15 is 0 Å². The Kier molecular flexibility index (Phi) is 4.41. The van der Waals surface area contributed by atoms with Crippen LogP contribution in [0.2, 0.25) is 0 Å². The molecule has 1 aromatic heterocycles. The van der Waals surface area contributed by atoms with Crippen molar-refractivity contribution < 1.29 is 14.6 Å². The fourth-order valence-electron chi connectivity index (χ4n) is 2.92. The Bertz CT molecular complexity index is 682. The van der Waals surface area contributed by atoms with Crippen molar-refractivity contribution >= 4 is 5.97 Å². The number of hydrogen-bond donors (Lipinski definition) is 2. The van der Waals surface area contributed by atoms with E-state index in [1.807, 2.05) is 42.5 Å². The molecule has 2 N–H and O–H groups in total. The topological polar surface area (TPSA) is 71.5 Å². The number of pyridine rings is 1. The number of carbonyl (C=O) groups is 1. The summed E-state index contributed by atoms with van der Waals surface area (Å²) in [7, 11) is 1.62. The van der Waals surface area contributed by atoms with Gasteiger partial charge in [0.05, 0.1) is 11.8 Å². The Balaban J connectivity index is 1.70. The molecule has 5 heteroatoms. The maximum atomic E-state index is 11.5. The fourth-order valence-corrected chi connectivity index (χ4v) is 2.92. The molecule has 0 saturated heterocycles. The average Bonchev–Trinajstić information content (AvgIpc) is 2.55. The van der Waals surface area contributed by atoms with Gasteiger partial charge in [-0.3, -0.25) is 15.1 Å². The molecular formula is C18H20N2O3. The average molecular weight is 312 g/mol. The number of hydrogen-bond acceptors (Lipinski definition) is 4. The number of aromatic nitrogens is 1. The van der Waals surface area contributed by atoms with Gasteiger partial charge in [0.1, 0.15) is 5.54 Å². The molecule has 0 unspecified atom stereocenters. The van der Waals surface area contributed by atoms with Gasteiger partial charge in [0, 0.05) is 38.3 Å². The standard InChI is InChI=1S/C18H20N2O3/c1-23-15-10-18(11-15,17(21)22)20-12-13-5-4-6-14(9-13)16-7-2-3-8-19-16/h2-9,15,20H,10-12H2,1H3,(H,21,22). The summed E-state index contributed by atoms with van der Waals surface area (Å²) in [5.74, 6) is -0.813. The lowest BCUT2D eigenvalue weighted by atomic mass is 9.74.